The van der Waals surface area contributed by atoms with E-state index in [4.69, 9.17) is 14.2 Å². The molecule has 1 fully saturated rings. The topological polar surface area (TPSA) is 44.8 Å². The highest BCUT2D eigenvalue weighted by atomic mass is 16.8. The fourth-order valence-corrected chi connectivity index (χ4v) is 1.81. The molecule has 0 amide bonds. The molecule has 1 heterocycles. The summed E-state index contributed by atoms with van der Waals surface area (Å²) in [6.45, 7) is 13.3. The standard InChI is InChI=1S/C13H24O4/c1-11(2,3)10(14)15-8-9-12(4,5)17-13(6,7)16-9/h9H,8H2,1-7H3/t9-/m0/s1. The first-order valence-corrected chi connectivity index (χ1v) is 5.99. The Balaban J connectivity index is 2.56. The highest BCUT2D eigenvalue weighted by Gasteiger charge is 2.47. The molecule has 0 aromatic carbocycles. The summed E-state index contributed by atoms with van der Waals surface area (Å²) in [6.07, 6.45) is -0.233. The molecule has 0 radical (unpaired) electrons. The molecule has 0 bridgehead atoms. The first-order valence-electron chi connectivity index (χ1n) is 5.99. The van der Waals surface area contributed by atoms with Gasteiger partial charge in [-0.25, -0.2) is 0 Å². The van der Waals surface area contributed by atoms with Crippen molar-refractivity contribution in [1.29, 1.82) is 0 Å². The first kappa shape index (κ1) is 14.5. The number of rotatable bonds is 2. The van der Waals surface area contributed by atoms with E-state index in [0.717, 1.165) is 0 Å². The lowest BCUT2D eigenvalue weighted by Gasteiger charge is -2.25. The number of hydrogen-bond donors (Lipinski definition) is 0. The van der Waals surface area contributed by atoms with Crippen LogP contribution in [0.25, 0.3) is 0 Å². The summed E-state index contributed by atoms with van der Waals surface area (Å²) in [7, 11) is 0. The molecule has 0 saturated carbocycles. The lowest BCUT2D eigenvalue weighted by molar-refractivity contribution is -0.167. The van der Waals surface area contributed by atoms with E-state index >= 15 is 0 Å². The molecule has 0 aliphatic carbocycles. The van der Waals surface area contributed by atoms with Gasteiger partial charge in [0, 0.05) is 0 Å². The number of hydrogen-bond acceptors (Lipinski definition) is 4. The third-order valence-corrected chi connectivity index (χ3v) is 2.69. The van der Waals surface area contributed by atoms with Gasteiger partial charge >= 0.3 is 5.97 Å². The molecule has 1 atom stereocenters. The van der Waals surface area contributed by atoms with Crippen molar-refractivity contribution in [2.45, 2.75) is 66.0 Å². The summed E-state index contributed by atoms with van der Waals surface area (Å²) < 4.78 is 16.8. The van der Waals surface area contributed by atoms with Crippen molar-refractivity contribution in [2.24, 2.45) is 5.41 Å². The number of esters is 1. The molecule has 0 aromatic heterocycles. The van der Waals surface area contributed by atoms with Crippen molar-refractivity contribution in [2.75, 3.05) is 6.61 Å². The van der Waals surface area contributed by atoms with Gasteiger partial charge in [0.05, 0.1) is 11.0 Å². The molecule has 0 N–H and O–H groups in total. The van der Waals surface area contributed by atoms with Crippen molar-refractivity contribution < 1.29 is 19.0 Å². The lowest BCUT2D eigenvalue weighted by atomic mass is 9.97. The van der Waals surface area contributed by atoms with Crippen LogP contribution >= 0.6 is 0 Å². The molecule has 4 heteroatoms. The van der Waals surface area contributed by atoms with Crippen LogP contribution in [0, 0.1) is 5.41 Å². The predicted octanol–water partition coefficient (Wildman–Crippen LogP) is 2.51. The highest BCUT2D eigenvalue weighted by Crippen LogP contribution is 2.36. The van der Waals surface area contributed by atoms with E-state index in [-0.39, 0.29) is 18.7 Å². The minimum absolute atomic E-state index is 0.221. The summed E-state index contributed by atoms with van der Waals surface area (Å²) in [5.74, 6) is -0.843. The van der Waals surface area contributed by atoms with Gasteiger partial charge in [0.25, 0.3) is 0 Å². The molecule has 17 heavy (non-hydrogen) atoms. The van der Waals surface area contributed by atoms with Crippen molar-refractivity contribution in [3.05, 3.63) is 0 Å². The summed E-state index contributed by atoms with van der Waals surface area (Å²) in [4.78, 5) is 11.7. The number of carbonyl (C=O) groups is 1. The Morgan fingerprint density at radius 2 is 1.76 bits per heavy atom. The van der Waals surface area contributed by atoms with E-state index in [9.17, 15) is 4.79 Å². The fourth-order valence-electron chi connectivity index (χ4n) is 1.81. The zero-order chi connectivity index (χ0) is 13.5. The minimum Gasteiger partial charge on any atom is -0.462 e. The Kier molecular flexibility index (Phi) is 3.61. The van der Waals surface area contributed by atoms with Gasteiger partial charge in [-0.2, -0.15) is 0 Å². The molecular formula is C13H24O4. The van der Waals surface area contributed by atoms with Gasteiger partial charge in [0.1, 0.15) is 12.7 Å². The molecule has 1 aliphatic heterocycles. The van der Waals surface area contributed by atoms with Crippen LogP contribution in [-0.2, 0) is 19.0 Å². The molecule has 100 valence electrons. The molecule has 0 aromatic rings. The highest BCUT2D eigenvalue weighted by molar-refractivity contribution is 5.75. The summed E-state index contributed by atoms with van der Waals surface area (Å²) >= 11 is 0. The second-order valence-corrected chi connectivity index (χ2v) is 6.56. The van der Waals surface area contributed by atoms with Crippen LogP contribution in [0.2, 0.25) is 0 Å². The predicted molar refractivity (Wildman–Crippen MR) is 64.5 cm³/mol. The average Bonchev–Trinajstić information content (AvgIpc) is 2.28. The molecule has 0 unspecified atom stereocenters. The molecular weight excluding hydrogens is 220 g/mol. The van der Waals surface area contributed by atoms with E-state index < -0.39 is 16.8 Å². The first-order chi connectivity index (χ1) is 7.44. The maximum atomic E-state index is 11.7. The second kappa shape index (κ2) is 4.25. The van der Waals surface area contributed by atoms with Crippen LogP contribution < -0.4 is 0 Å². The van der Waals surface area contributed by atoms with Crippen molar-refractivity contribution >= 4 is 5.97 Å². The Hall–Kier alpha value is -0.610. The van der Waals surface area contributed by atoms with Crippen LogP contribution in [-0.4, -0.2) is 30.1 Å². The third-order valence-electron chi connectivity index (χ3n) is 2.69. The summed E-state index contributed by atoms with van der Waals surface area (Å²) in [5, 5.41) is 0. The van der Waals surface area contributed by atoms with E-state index in [1.54, 1.807) is 0 Å². The largest absolute Gasteiger partial charge is 0.462 e. The molecule has 1 saturated heterocycles. The van der Waals surface area contributed by atoms with Crippen LogP contribution in [0.3, 0.4) is 0 Å². The van der Waals surface area contributed by atoms with Crippen molar-refractivity contribution in [3.63, 3.8) is 0 Å². The van der Waals surface area contributed by atoms with Crippen molar-refractivity contribution in [1.82, 2.24) is 0 Å². The maximum Gasteiger partial charge on any atom is 0.311 e. The number of ether oxygens (including phenoxy) is 3. The Morgan fingerprint density at radius 1 is 1.24 bits per heavy atom. The monoisotopic (exact) mass is 244 g/mol. The lowest BCUT2D eigenvalue weighted by Crippen LogP contribution is -2.38. The SMILES string of the molecule is CC1(C)O[C@@H](COC(=O)C(C)(C)C)C(C)(C)O1. The Labute approximate surface area is 104 Å². The smallest absolute Gasteiger partial charge is 0.311 e. The fraction of sp³-hybridized carbons (Fsp3) is 0.923. The van der Waals surface area contributed by atoms with Gasteiger partial charge in [0.15, 0.2) is 5.79 Å². The van der Waals surface area contributed by atoms with Gasteiger partial charge in [0.2, 0.25) is 0 Å². The van der Waals surface area contributed by atoms with Crippen LogP contribution in [0.15, 0.2) is 0 Å². The van der Waals surface area contributed by atoms with Crippen LogP contribution in [0.5, 0.6) is 0 Å². The Bertz CT molecular complexity index is 299. The normalized spacial score (nSPS) is 26.9. The molecule has 1 aliphatic rings. The quantitative estimate of drug-likeness (QED) is 0.700. The van der Waals surface area contributed by atoms with E-state index in [2.05, 4.69) is 0 Å². The second-order valence-electron chi connectivity index (χ2n) is 6.56. The van der Waals surface area contributed by atoms with Gasteiger partial charge < -0.3 is 14.2 Å². The molecule has 4 nitrogen and oxygen atoms in total. The molecule has 0 spiro atoms. The van der Waals surface area contributed by atoms with Gasteiger partial charge in [-0.1, -0.05) is 0 Å². The average molecular weight is 244 g/mol. The van der Waals surface area contributed by atoms with Crippen LogP contribution in [0.1, 0.15) is 48.5 Å². The third kappa shape index (κ3) is 3.68. The van der Waals surface area contributed by atoms with E-state index in [1.807, 2.05) is 48.5 Å². The van der Waals surface area contributed by atoms with Gasteiger partial charge in [-0.3, -0.25) is 4.79 Å². The van der Waals surface area contributed by atoms with Crippen LogP contribution in [0.4, 0.5) is 0 Å². The summed E-state index contributed by atoms with van der Waals surface area (Å²) in [5.41, 5.74) is -0.930. The minimum atomic E-state index is -0.623. The maximum absolute atomic E-state index is 11.7. The van der Waals surface area contributed by atoms with E-state index in [1.165, 1.54) is 0 Å². The van der Waals surface area contributed by atoms with Gasteiger partial charge in [-0.15, -0.1) is 0 Å². The zero-order valence-electron chi connectivity index (χ0n) is 11.9. The van der Waals surface area contributed by atoms with Crippen molar-refractivity contribution in [3.8, 4) is 0 Å². The van der Waals surface area contributed by atoms with Gasteiger partial charge in [-0.05, 0) is 48.5 Å². The number of carbonyl (C=O) groups excluding carboxylic acids is 1. The van der Waals surface area contributed by atoms with E-state index in [0.29, 0.717) is 0 Å². The summed E-state index contributed by atoms with van der Waals surface area (Å²) in [6, 6.07) is 0. The zero-order valence-corrected chi connectivity index (χ0v) is 11.9. The molecule has 1 rings (SSSR count). The Morgan fingerprint density at radius 3 is 2.12 bits per heavy atom.